The van der Waals surface area contributed by atoms with E-state index in [-0.39, 0.29) is 11.8 Å². The fraction of sp³-hybridized carbons (Fsp3) is 0.412. The van der Waals surface area contributed by atoms with E-state index in [2.05, 4.69) is 5.32 Å². The van der Waals surface area contributed by atoms with Gasteiger partial charge in [-0.25, -0.2) is 4.79 Å². The van der Waals surface area contributed by atoms with Gasteiger partial charge in [0.05, 0.1) is 0 Å². The van der Waals surface area contributed by atoms with Crippen molar-refractivity contribution in [1.29, 1.82) is 0 Å². The summed E-state index contributed by atoms with van der Waals surface area (Å²) >= 11 is 0. The largest absolute Gasteiger partial charge is 0.480 e. The minimum Gasteiger partial charge on any atom is -0.480 e. The van der Waals surface area contributed by atoms with Gasteiger partial charge in [0.2, 0.25) is 5.91 Å². The number of rotatable bonds is 6. The number of hydrogen-bond donors (Lipinski definition) is 2. The maximum atomic E-state index is 11.8. The van der Waals surface area contributed by atoms with Crippen molar-refractivity contribution in [2.75, 3.05) is 0 Å². The molecule has 114 valence electrons. The first-order valence-electron chi connectivity index (χ1n) is 7.08. The van der Waals surface area contributed by atoms with Gasteiger partial charge in [-0.3, -0.25) is 4.79 Å². The molecule has 1 aromatic carbocycles. The summed E-state index contributed by atoms with van der Waals surface area (Å²) in [5.74, 6) is -1.19. The van der Waals surface area contributed by atoms with Crippen LogP contribution in [-0.2, 0) is 9.59 Å². The Kier molecular flexibility index (Phi) is 6.15. The number of aliphatic carboxylic acids is 1. The van der Waals surface area contributed by atoms with Crippen molar-refractivity contribution in [2.45, 2.75) is 40.2 Å². The van der Waals surface area contributed by atoms with Gasteiger partial charge < -0.3 is 10.4 Å². The number of benzene rings is 1. The summed E-state index contributed by atoms with van der Waals surface area (Å²) in [5, 5.41) is 11.6. The standard InChI is InChI=1S/C17H23NO3/c1-11(2)9-15(17(20)21)18-16(19)8-7-14-6-5-12(3)10-13(14)4/h5-8,10-11,15H,9H2,1-4H3,(H,18,19)(H,20,21)/b8-7+. The fourth-order valence-corrected chi connectivity index (χ4v) is 2.09. The SMILES string of the molecule is Cc1ccc(/C=C/C(=O)NC(CC(C)C)C(=O)O)c(C)c1. The molecule has 1 amide bonds. The topological polar surface area (TPSA) is 66.4 Å². The van der Waals surface area contributed by atoms with Crippen LogP contribution >= 0.6 is 0 Å². The molecule has 2 N–H and O–H groups in total. The molecular formula is C17H23NO3. The van der Waals surface area contributed by atoms with Gasteiger partial charge in [-0.1, -0.05) is 37.6 Å². The zero-order chi connectivity index (χ0) is 16.0. The predicted molar refractivity (Wildman–Crippen MR) is 84.0 cm³/mol. The van der Waals surface area contributed by atoms with Gasteiger partial charge in [0.25, 0.3) is 0 Å². The van der Waals surface area contributed by atoms with Gasteiger partial charge in [-0.05, 0) is 43.4 Å². The summed E-state index contributed by atoms with van der Waals surface area (Å²) in [6.07, 6.45) is 3.50. The maximum Gasteiger partial charge on any atom is 0.326 e. The quantitative estimate of drug-likeness (QED) is 0.791. The first kappa shape index (κ1) is 17.0. The van der Waals surface area contributed by atoms with Gasteiger partial charge in [0.15, 0.2) is 0 Å². The zero-order valence-electron chi connectivity index (χ0n) is 13.0. The molecule has 1 atom stereocenters. The molecule has 0 spiro atoms. The molecule has 0 aliphatic heterocycles. The normalized spacial score (nSPS) is 12.6. The Morgan fingerprint density at radius 2 is 1.95 bits per heavy atom. The van der Waals surface area contributed by atoms with Crippen LogP contribution in [0.2, 0.25) is 0 Å². The molecule has 1 rings (SSSR count). The van der Waals surface area contributed by atoms with Crippen LogP contribution in [0.5, 0.6) is 0 Å². The third kappa shape index (κ3) is 5.81. The molecular weight excluding hydrogens is 266 g/mol. The lowest BCUT2D eigenvalue weighted by Crippen LogP contribution is -2.40. The van der Waals surface area contributed by atoms with Crippen LogP contribution in [-0.4, -0.2) is 23.0 Å². The minimum absolute atomic E-state index is 0.203. The molecule has 4 nitrogen and oxygen atoms in total. The number of amides is 1. The van der Waals surface area contributed by atoms with Crippen molar-refractivity contribution in [1.82, 2.24) is 5.32 Å². The van der Waals surface area contributed by atoms with Crippen LogP contribution in [0, 0.1) is 19.8 Å². The summed E-state index contributed by atoms with van der Waals surface area (Å²) in [6.45, 7) is 7.83. The Morgan fingerprint density at radius 3 is 2.48 bits per heavy atom. The van der Waals surface area contributed by atoms with Gasteiger partial charge in [-0.2, -0.15) is 0 Å². The van der Waals surface area contributed by atoms with Gasteiger partial charge in [-0.15, -0.1) is 0 Å². The van der Waals surface area contributed by atoms with Crippen molar-refractivity contribution >= 4 is 18.0 Å². The molecule has 0 fully saturated rings. The van der Waals surface area contributed by atoms with Crippen molar-refractivity contribution in [2.24, 2.45) is 5.92 Å². The summed E-state index contributed by atoms with van der Waals surface area (Å²) < 4.78 is 0. The monoisotopic (exact) mass is 289 g/mol. The van der Waals surface area contributed by atoms with Crippen LogP contribution in [0.4, 0.5) is 0 Å². The molecule has 0 heterocycles. The second kappa shape index (κ2) is 7.62. The van der Waals surface area contributed by atoms with E-state index in [1.807, 2.05) is 45.9 Å². The highest BCUT2D eigenvalue weighted by atomic mass is 16.4. The van der Waals surface area contributed by atoms with Crippen LogP contribution in [0.15, 0.2) is 24.3 Å². The highest BCUT2D eigenvalue weighted by Gasteiger charge is 2.19. The smallest absolute Gasteiger partial charge is 0.326 e. The Balaban J connectivity index is 2.71. The van der Waals surface area contributed by atoms with Crippen molar-refractivity contribution in [3.63, 3.8) is 0 Å². The number of nitrogens with one attached hydrogen (secondary N) is 1. The summed E-state index contributed by atoms with van der Waals surface area (Å²) in [6, 6.07) is 5.11. The Hall–Kier alpha value is -2.10. The lowest BCUT2D eigenvalue weighted by atomic mass is 10.0. The number of hydrogen-bond acceptors (Lipinski definition) is 2. The van der Waals surface area contributed by atoms with Crippen molar-refractivity contribution < 1.29 is 14.7 Å². The van der Waals surface area contributed by atoms with E-state index in [9.17, 15) is 9.59 Å². The first-order valence-corrected chi connectivity index (χ1v) is 7.08. The maximum absolute atomic E-state index is 11.8. The molecule has 1 unspecified atom stereocenters. The Morgan fingerprint density at radius 1 is 1.29 bits per heavy atom. The lowest BCUT2D eigenvalue weighted by molar-refractivity contribution is -0.141. The molecule has 0 bridgehead atoms. The summed E-state index contributed by atoms with van der Waals surface area (Å²) in [5.41, 5.74) is 3.19. The number of aryl methyl sites for hydroxylation is 2. The summed E-state index contributed by atoms with van der Waals surface area (Å²) in [4.78, 5) is 22.9. The molecule has 0 radical (unpaired) electrons. The van der Waals surface area contributed by atoms with E-state index in [0.29, 0.717) is 6.42 Å². The minimum atomic E-state index is -1.00. The molecule has 0 aromatic heterocycles. The van der Waals surface area contributed by atoms with Crippen LogP contribution in [0.1, 0.15) is 37.0 Å². The van der Waals surface area contributed by atoms with E-state index >= 15 is 0 Å². The lowest BCUT2D eigenvalue weighted by Gasteiger charge is -2.15. The number of carbonyl (C=O) groups excluding carboxylic acids is 1. The fourth-order valence-electron chi connectivity index (χ4n) is 2.09. The molecule has 1 aromatic rings. The van der Waals surface area contributed by atoms with E-state index in [1.54, 1.807) is 6.08 Å². The van der Waals surface area contributed by atoms with E-state index in [1.165, 1.54) is 6.08 Å². The molecule has 0 saturated carbocycles. The average Bonchev–Trinajstić information content (AvgIpc) is 2.36. The van der Waals surface area contributed by atoms with Gasteiger partial charge in [0, 0.05) is 6.08 Å². The van der Waals surface area contributed by atoms with E-state index < -0.39 is 12.0 Å². The average molecular weight is 289 g/mol. The van der Waals surface area contributed by atoms with E-state index in [4.69, 9.17) is 5.11 Å². The third-order valence-corrected chi connectivity index (χ3v) is 3.16. The Bertz CT molecular complexity index is 547. The highest BCUT2D eigenvalue weighted by molar-refractivity contribution is 5.94. The van der Waals surface area contributed by atoms with Crippen molar-refractivity contribution in [3.05, 3.63) is 41.0 Å². The van der Waals surface area contributed by atoms with Crippen LogP contribution in [0.3, 0.4) is 0 Å². The number of carboxylic acids is 1. The van der Waals surface area contributed by atoms with Gasteiger partial charge in [0.1, 0.15) is 6.04 Å². The highest BCUT2D eigenvalue weighted by Crippen LogP contribution is 2.12. The Labute approximate surface area is 125 Å². The number of carboxylic acid groups (broad SMARTS) is 1. The van der Waals surface area contributed by atoms with Crippen molar-refractivity contribution in [3.8, 4) is 0 Å². The number of carbonyl (C=O) groups is 2. The predicted octanol–water partition coefficient (Wildman–Crippen LogP) is 2.93. The molecule has 21 heavy (non-hydrogen) atoms. The second-order valence-corrected chi connectivity index (χ2v) is 5.72. The first-order chi connectivity index (χ1) is 9.79. The van der Waals surface area contributed by atoms with E-state index in [0.717, 1.165) is 16.7 Å². The second-order valence-electron chi connectivity index (χ2n) is 5.72. The zero-order valence-corrected chi connectivity index (χ0v) is 13.0. The molecule has 0 aliphatic carbocycles. The van der Waals surface area contributed by atoms with Gasteiger partial charge >= 0.3 is 5.97 Å². The van der Waals surface area contributed by atoms with Crippen LogP contribution < -0.4 is 5.32 Å². The molecule has 4 heteroatoms. The third-order valence-electron chi connectivity index (χ3n) is 3.16. The van der Waals surface area contributed by atoms with Crippen LogP contribution in [0.25, 0.3) is 6.08 Å². The summed E-state index contributed by atoms with van der Waals surface area (Å²) in [7, 11) is 0. The molecule has 0 aliphatic rings. The molecule has 0 saturated heterocycles.